The van der Waals surface area contributed by atoms with Gasteiger partial charge in [-0.2, -0.15) is 0 Å². The average Bonchev–Trinajstić information content (AvgIpc) is 2.03. The summed E-state index contributed by atoms with van der Waals surface area (Å²) in [7, 11) is 1.76. The summed E-state index contributed by atoms with van der Waals surface area (Å²) in [5.41, 5.74) is 0.565. The Balaban J connectivity index is 3.01. The molecular weight excluding hydrogens is 157 g/mol. The maximum absolute atomic E-state index is 13.1. The van der Waals surface area contributed by atoms with Gasteiger partial charge in [0, 0.05) is 17.7 Å². The first-order valence-electron chi connectivity index (χ1n) is 3.81. The van der Waals surface area contributed by atoms with Crippen LogP contribution in [0.25, 0.3) is 0 Å². The van der Waals surface area contributed by atoms with Crippen molar-refractivity contribution in [1.82, 2.24) is 5.32 Å². The zero-order valence-corrected chi connectivity index (χ0v) is 7.13. The summed E-state index contributed by atoms with van der Waals surface area (Å²) < 4.78 is 13.1. The molecule has 0 saturated heterocycles. The number of phenolic OH excluding ortho intramolecular Hbond substituents is 1. The highest BCUT2D eigenvalue weighted by molar-refractivity contribution is 5.29. The van der Waals surface area contributed by atoms with Gasteiger partial charge < -0.3 is 10.4 Å². The van der Waals surface area contributed by atoms with E-state index >= 15 is 0 Å². The quantitative estimate of drug-likeness (QED) is 0.707. The van der Waals surface area contributed by atoms with Crippen LogP contribution in [0.3, 0.4) is 0 Å². The van der Waals surface area contributed by atoms with Crippen molar-refractivity contribution in [2.45, 2.75) is 13.0 Å². The average molecular weight is 169 g/mol. The largest absolute Gasteiger partial charge is 0.508 e. The molecular formula is C9H12FNO. The Kier molecular flexibility index (Phi) is 2.65. The molecule has 0 aliphatic rings. The molecule has 1 atom stereocenters. The second-order valence-corrected chi connectivity index (χ2v) is 2.72. The number of benzene rings is 1. The minimum absolute atomic E-state index is 0.0365. The topological polar surface area (TPSA) is 32.3 Å². The van der Waals surface area contributed by atoms with Crippen LogP contribution in [0.15, 0.2) is 18.2 Å². The molecule has 1 aromatic carbocycles. The number of phenols is 1. The lowest BCUT2D eigenvalue weighted by molar-refractivity contribution is 0.465. The van der Waals surface area contributed by atoms with Crippen molar-refractivity contribution >= 4 is 0 Å². The smallest absolute Gasteiger partial charge is 0.131 e. The lowest BCUT2D eigenvalue weighted by Gasteiger charge is -2.11. The normalized spacial score (nSPS) is 12.9. The summed E-state index contributed by atoms with van der Waals surface area (Å²) in [5, 5.41) is 11.9. The molecule has 0 bridgehead atoms. The summed E-state index contributed by atoms with van der Waals surface area (Å²) in [4.78, 5) is 0. The van der Waals surface area contributed by atoms with E-state index in [0.29, 0.717) is 5.56 Å². The predicted molar refractivity (Wildman–Crippen MR) is 45.5 cm³/mol. The number of hydrogen-bond donors (Lipinski definition) is 2. The Hall–Kier alpha value is -1.09. The standard InChI is InChI=1S/C9H12FNO/c1-6(11-2)8-4-3-7(12)5-9(8)10/h3-6,11-12H,1-2H3. The third-order valence-corrected chi connectivity index (χ3v) is 1.88. The maximum Gasteiger partial charge on any atom is 0.131 e. The van der Waals surface area contributed by atoms with Crippen molar-refractivity contribution < 1.29 is 9.50 Å². The van der Waals surface area contributed by atoms with Crippen LogP contribution in [0.4, 0.5) is 4.39 Å². The van der Waals surface area contributed by atoms with Crippen LogP contribution in [0, 0.1) is 5.82 Å². The number of halogens is 1. The molecule has 0 saturated carbocycles. The molecule has 0 amide bonds. The molecule has 12 heavy (non-hydrogen) atoms. The molecule has 66 valence electrons. The molecule has 0 aliphatic heterocycles. The zero-order chi connectivity index (χ0) is 9.14. The predicted octanol–water partition coefficient (Wildman–Crippen LogP) is 1.81. The van der Waals surface area contributed by atoms with Crippen LogP contribution in [0.1, 0.15) is 18.5 Å². The van der Waals surface area contributed by atoms with Gasteiger partial charge >= 0.3 is 0 Å². The van der Waals surface area contributed by atoms with Gasteiger partial charge in [0.25, 0.3) is 0 Å². The van der Waals surface area contributed by atoms with E-state index in [-0.39, 0.29) is 17.6 Å². The Morgan fingerprint density at radius 1 is 1.50 bits per heavy atom. The number of aromatic hydroxyl groups is 1. The Morgan fingerprint density at radius 3 is 2.67 bits per heavy atom. The highest BCUT2D eigenvalue weighted by Crippen LogP contribution is 2.20. The number of hydrogen-bond acceptors (Lipinski definition) is 2. The molecule has 0 spiro atoms. The van der Waals surface area contributed by atoms with Crippen molar-refractivity contribution in [2.75, 3.05) is 7.05 Å². The molecule has 2 nitrogen and oxygen atoms in total. The molecule has 0 aliphatic carbocycles. The third-order valence-electron chi connectivity index (χ3n) is 1.88. The molecule has 0 aromatic heterocycles. The van der Waals surface area contributed by atoms with Crippen LogP contribution in [-0.4, -0.2) is 12.2 Å². The van der Waals surface area contributed by atoms with Crippen molar-refractivity contribution in [3.8, 4) is 5.75 Å². The van der Waals surface area contributed by atoms with E-state index in [2.05, 4.69) is 5.32 Å². The van der Waals surface area contributed by atoms with Gasteiger partial charge in [-0.15, -0.1) is 0 Å². The minimum atomic E-state index is -0.378. The second kappa shape index (κ2) is 3.54. The van der Waals surface area contributed by atoms with E-state index in [1.54, 1.807) is 13.1 Å². The summed E-state index contributed by atoms with van der Waals surface area (Å²) >= 11 is 0. The van der Waals surface area contributed by atoms with E-state index in [1.807, 2.05) is 6.92 Å². The van der Waals surface area contributed by atoms with Gasteiger partial charge in [-0.25, -0.2) is 4.39 Å². The molecule has 3 heteroatoms. The minimum Gasteiger partial charge on any atom is -0.508 e. The zero-order valence-electron chi connectivity index (χ0n) is 7.13. The van der Waals surface area contributed by atoms with E-state index in [9.17, 15) is 4.39 Å². The highest BCUT2D eigenvalue weighted by atomic mass is 19.1. The summed E-state index contributed by atoms with van der Waals surface area (Å²) in [5.74, 6) is -0.420. The molecule has 1 unspecified atom stereocenters. The van der Waals surface area contributed by atoms with Crippen LogP contribution in [0.2, 0.25) is 0 Å². The fourth-order valence-corrected chi connectivity index (χ4v) is 1.02. The molecule has 0 heterocycles. The highest BCUT2D eigenvalue weighted by Gasteiger charge is 2.08. The van der Waals surface area contributed by atoms with Crippen molar-refractivity contribution in [2.24, 2.45) is 0 Å². The van der Waals surface area contributed by atoms with Crippen LogP contribution in [-0.2, 0) is 0 Å². The third kappa shape index (κ3) is 1.74. The van der Waals surface area contributed by atoms with Crippen LogP contribution in [0.5, 0.6) is 5.75 Å². The first kappa shape index (κ1) is 9.00. The lowest BCUT2D eigenvalue weighted by Crippen LogP contribution is -2.13. The van der Waals surface area contributed by atoms with Crippen molar-refractivity contribution in [3.63, 3.8) is 0 Å². The maximum atomic E-state index is 13.1. The number of nitrogens with one attached hydrogen (secondary N) is 1. The Morgan fingerprint density at radius 2 is 2.17 bits per heavy atom. The SMILES string of the molecule is CNC(C)c1ccc(O)cc1F. The van der Waals surface area contributed by atoms with Gasteiger partial charge in [0.1, 0.15) is 11.6 Å². The van der Waals surface area contributed by atoms with Gasteiger partial charge in [0.05, 0.1) is 0 Å². The first-order chi connectivity index (χ1) is 5.65. The molecule has 2 N–H and O–H groups in total. The van der Waals surface area contributed by atoms with E-state index in [4.69, 9.17) is 5.11 Å². The van der Waals surface area contributed by atoms with E-state index in [0.717, 1.165) is 6.07 Å². The fourth-order valence-electron chi connectivity index (χ4n) is 1.02. The number of rotatable bonds is 2. The summed E-state index contributed by atoms with van der Waals surface area (Å²) in [6, 6.07) is 4.13. The van der Waals surface area contributed by atoms with Crippen molar-refractivity contribution in [1.29, 1.82) is 0 Å². The van der Waals surface area contributed by atoms with Crippen molar-refractivity contribution in [3.05, 3.63) is 29.6 Å². The Bertz CT molecular complexity index is 275. The molecule has 0 radical (unpaired) electrons. The van der Waals surface area contributed by atoms with Gasteiger partial charge in [-0.1, -0.05) is 6.07 Å². The van der Waals surface area contributed by atoms with Crippen LogP contribution >= 0.6 is 0 Å². The van der Waals surface area contributed by atoms with Crippen LogP contribution < -0.4 is 5.32 Å². The first-order valence-corrected chi connectivity index (χ1v) is 3.81. The van der Waals surface area contributed by atoms with Gasteiger partial charge in [0.2, 0.25) is 0 Å². The second-order valence-electron chi connectivity index (χ2n) is 2.72. The summed E-state index contributed by atoms with van der Waals surface area (Å²) in [6.07, 6.45) is 0. The Labute approximate surface area is 71.0 Å². The van der Waals surface area contributed by atoms with Gasteiger partial charge in [0.15, 0.2) is 0 Å². The van der Waals surface area contributed by atoms with E-state index in [1.165, 1.54) is 6.07 Å². The molecule has 1 rings (SSSR count). The molecule has 0 fully saturated rings. The monoisotopic (exact) mass is 169 g/mol. The molecule has 1 aromatic rings. The van der Waals surface area contributed by atoms with Gasteiger partial charge in [-0.05, 0) is 20.0 Å². The fraction of sp³-hybridized carbons (Fsp3) is 0.333. The van der Waals surface area contributed by atoms with Gasteiger partial charge in [-0.3, -0.25) is 0 Å². The lowest BCUT2D eigenvalue weighted by atomic mass is 10.1. The van der Waals surface area contributed by atoms with E-state index < -0.39 is 0 Å². The summed E-state index contributed by atoms with van der Waals surface area (Å²) in [6.45, 7) is 1.86.